The van der Waals surface area contributed by atoms with Crippen LogP contribution in [0.3, 0.4) is 0 Å². The number of cyclic esters (lactones) is 1. The minimum Gasteiger partial charge on any atom is -0.454 e. The summed E-state index contributed by atoms with van der Waals surface area (Å²) in [6, 6.07) is 0. The third-order valence-corrected chi connectivity index (χ3v) is 2.91. The van der Waals surface area contributed by atoms with Crippen molar-refractivity contribution in [2.24, 2.45) is 17.8 Å². The van der Waals surface area contributed by atoms with Crippen LogP contribution in [0, 0.1) is 17.8 Å². The second-order valence-electron chi connectivity index (χ2n) is 3.78. The lowest BCUT2D eigenvalue weighted by Gasteiger charge is -2.10. The van der Waals surface area contributed by atoms with Gasteiger partial charge in [-0.15, -0.1) is 0 Å². The van der Waals surface area contributed by atoms with Crippen LogP contribution in [0.15, 0.2) is 0 Å². The molecule has 0 bridgehead atoms. The van der Waals surface area contributed by atoms with Crippen LogP contribution in [0.5, 0.6) is 0 Å². The van der Waals surface area contributed by atoms with E-state index in [2.05, 4.69) is 0 Å². The number of carbonyl (C=O) groups excluding carboxylic acids is 2. The summed E-state index contributed by atoms with van der Waals surface area (Å²) in [5, 5.41) is 0. The number of fused-ring (bicyclic) bond motifs is 1. The predicted molar refractivity (Wildman–Crippen MR) is 41.3 cm³/mol. The highest BCUT2D eigenvalue weighted by Crippen LogP contribution is 2.47. The van der Waals surface area contributed by atoms with Gasteiger partial charge in [0.05, 0.1) is 5.92 Å². The second-order valence-corrected chi connectivity index (χ2v) is 3.78. The largest absolute Gasteiger partial charge is 0.454 e. The Hall–Kier alpha value is -0.860. The SMILES string of the molecule is CC1OC(=O)C(C)C2CC2C1=O. The number of rotatable bonds is 0. The van der Waals surface area contributed by atoms with Gasteiger partial charge >= 0.3 is 5.97 Å². The zero-order chi connectivity index (χ0) is 8.88. The molecule has 0 amide bonds. The molecular formula is C9H12O3. The second kappa shape index (κ2) is 2.31. The quantitative estimate of drug-likeness (QED) is 0.502. The lowest BCUT2D eigenvalue weighted by atomic mass is 10.0. The summed E-state index contributed by atoms with van der Waals surface area (Å²) in [5.41, 5.74) is 0. The smallest absolute Gasteiger partial charge is 0.309 e. The van der Waals surface area contributed by atoms with Crippen molar-refractivity contribution < 1.29 is 14.3 Å². The summed E-state index contributed by atoms with van der Waals surface area (Å²) in [6.07, 6.45) is 0.372. The van der Waals surface area contributed by atoms with Gasteiger partial charge < -0.3 is 4.74 Å². The first-order chi connectivity index (χ1) is 5.61. The number of Topliss-reactive ketones (excluding diaryl/α,β-unsaturated/α-hetero) is 1. The molecule has 0 aromatic heterocycles. The van der Waals surface area contributed by atoms with Crippen LogP contribution >= 0.6 is 0 Å². The number of hydrogen-bond donors (Lipinski definition) is 0. The Morgan fingerprint density at radius 3 is 2.67 bits per heavy atom. The van der Waals surface area contributed by atoms with Crippen LogP contribution in [-0.4, -0.2) is 17.9 Å². The number of ketones is 1. The highest BCUT2D eigenvalue weighted by atomic mass is 16.5. The van der Waals surface area contributed by atoms with Gasteiger partial charge in [0, 0.05) is 5.92 Å². The van der Waals surface area contributed by atoms with Gasteiger partial charge in [-0.2, -0.15) is 0 Å². The molecule has 0 aromatic rings. The average molecular weight is 168 g/mol. The van der Waals surface area contributed by atoms with E-state index in [1.165, 1.54) is 0 Å². The molecule has 1 saturated heterocycles. The average Bonchev–Trinajstić information content (AvgIpc) is 2.79. The van der Waals surface area contributed by atoms with Crippen molar-refractivity contribution in [2.75, 3.05) is 0 Å². The van der Waals surface area contributed by atoms with E-state index in [0.717, 1.165) is 6.42 Å². The number of esters is 1. The minimum absolute atomic E-state index is 0.0797. The van der Waals surface area contributed by atoms with Crippen molar-refractivity contribution in [1.29, 1.82) is 0 Å². The summed E-state index contributed by atoms with van der Waals surface area (Å²) in [7, 11) is 0. The Morgan fingerprint density at radius 2 is 2.00 bits per heavy atom. The lowest BCUT2D eigenvalue weighted by molar-refractivity contribution is -0.156. The van der Waals surface area contributed by atoms with Gasteiger partial charge in [-0.3, -0.25) is 9.59 Å². The highest BCUT2D eigenvalue weighted by molar-refractivity contribution is 5.92. The molecule has 1 aliphatic carbocycles. The number of ether oxygens (including phenoxy) is 1. The minimum atomic E-state index is -0.516. The fraction of sp³-hybridized carbons (Fsp3) is 0.778. The van der Waals surface area contributed by atoms with E-state index in [9.17, 15) is 9.59 Å². The Morgan fingerprint density at radius 1 is 1.33 bits per heavy atom. The fourth-order valence-corrected chi connectivity index (χ4v) is 1.91. The van der Waals surface area contributed by atoms with Gasteiger partial charge in [-0.05, 0) is 19.3 Å². The molecule has 0 spiro atoms. The maximum Gasteiger partial charge on any atom is 0.309 e. The third kappa shape index (κ3) is 0.958. The van der Waals surface area contributed by atoms with Crippen molar-refractivity contribution >= 4 is 11.8 Å². The molecule has 4 atom stereocenters. The third-order valence-electron chi connectivity index (χ3n) is 2.91. The van der Waals surface area contributed by atoms with Gasteiger partial charge in [0.25, 0.3) is 0 Å². The summed E-state index contributed by atoms with van der Waals surface area (Å²) in [4.78, 5) is 22.6. The van der Waals surface area contributed by atoms with Crippen molar-refractivity contribution in [1.82, 2.24) is 0 Å². The Bertz CT molecular complexity index is 246. The summed E-state index contributed by atoms with van der Waals surface area (Å²) < 4.78 is 4.95. The van der Waals surface area contributed by atoms with E-state index in [-0.39, 0.29) is 29.5 Å². The van der Waals surface area contributed by atoms with Crippen LogP contribution in [-0.2, 0) is 14.3 Å². The van der Waals surface area contributed by atoms with Crippen molar-refractivity contribution in [3.05, 3.63) is 0 Å². The molecule has 0 N–H and O–H groups in total. The van der Waals surface area contributed by atoms with E-state index in [1.54, 1.807) is 6.92 Å². The van der Waals surface area contributed by atoms with Gasteiger partial charge in [-0.1, -0.05) is 6.92 Å². The van der Waals surface area contributed by atoms with Crippen molar-refractivity contribution in [2.45, 2.75) is 26.4 Å². The topological polar surface area (TPSA) is 43.4 Å². The molecule has 1 heterocycles. The maximum absolute atomic E-state index is 11.4. The predicted octanol–water partition coefficient (Wildman–Crippen LogP) is 0.773. The molecule has 3 heteroatoms. The van der Waals surface area contributed by atoms with Crippen LogP contribution in [0.25, 0.3) is 0 Å². The maximum atomic E-state index is 11.4. The molecule has 0 radical (unpaired) electrons. The fourth-order valence-electron chi connectivity index (χ4n) is 1.91. The molecule has 4 unspecified atom stereocenters. The first kappa shape index (κ1) is 7.77. The molecule has 2 rings (SSSR count). The monoisotopic (exact) mass is 168 g/mol. The Balaban J connectivity index is 2.22. The van der Waals surface area contributed by atoms with Crippen LogP contribution in [0.2, 0.25) is 0 Å². The van der Waals surface area contributed by atoms with Gasteiger partial charge in [0.1, 0.15) is 0 Å². The standard InChI is InChI=1S/C9H12O3/c1-4-6-3-7(6)8(10)5(2)12-9(4)11/h4-7H,3H2,1-2H3. The van der Waals surface area contributed by atoms with Crippen LogP contribution < -0.4 is 0 Å². The van der Waals surface area contributed by atoms with E-state index in [4.69, 9.17) is 4.74 Å². The summed E-state index contributed by atoms with van der Waals surface area (Å²) >= 11 is 0. The number of carbonyl (C=O) groups is 2. The van der Waals surface area contributed by atoms with E-state index >= 15 is 0 Å². The van der Waals surface area contributed by atoms with Gasteiger partial charge in [-0.25, -0.2) is 0 Å². The molecule has 2 aliphatic rings. The molecule has 1 saturated carbocycles. The molecule has 0 aromatic carbocycles. The summed E-state index contributed by atoms with van der Waals surface area (Å²) in [5.74, 6) is 0.207. The van der Waals surface area contributed by atoms with E-state index < -0.39 is 6.10 Å². The van der Waals surface area contributed by atoms with Crippen LogP contribution in [0.1, 0.15) is 20.3 Å². The van der Waals surface area contributed by atoms with Crippen LogP contribution in [0.4, 0.5) is 0 Å². The lowest BCUT2D eigenvalue weighted by Crippen LogP contribution is -2.24. The Labute approximate surface area is 71.1 Å². The Kier molecular flexibility index (Phi) is 1.50. The van der Waals surface area contributed by atoms with Crippen molar-refractivity contribution in [3.8, 4) is 0 Å². The van der Waals surface area contributed by atoms with Gasteiger partial charge in [0.15, 0.2) is 11.9 Å². The number of hydrogen-bond acceptors (Lipinski definition) is 3. The molecule has 12 heavy (non-hydrogen) atoms. The zero-order valence-electron chi connectivity index (χ0n) is 7.24. The first-order valence-electron chi connectivity index (χ1n) is 4.35. The normalized spacial score (nSPS) is 46.2. The molecule has 3 nitrogen and oxygen atoms in total. The molecular weight excluding hydrogens is 156 g/mol. The highest BCUT2D eigenvalue weighted by Gasteiger charge is 2.52. The van der Waals surface area contributed by atoms with E-state index in [0.29, 0.717) is 0 Å². The summed E-state index contributed by atoms with van der Waals surface area (Å²) in [6.45, 7) is 3.51. The zero-order valence-corrected chi connectivity index (χ0v) is 7.24. The first-order valence-corrected chi connectivity index (χ1v) is 4.35. The van der Waals surface area contributed by atoms with Crippen molar-refractivity contribution in [3.63, 3.8) is 0 Å². The van der Waals surface area contributed by atoms with Gasteiger partial charge in [0.2, 0.25) is 0 Å². The van der Waals surface area contributed by atoms with E-state index in [1.807, 2.05) is 6.92 Å². The molecule has 66 valence electrons. The molecule has 2 fully saturated rings. The molecule has 1 aliphatic heterocycles.